The smallest absolute Gasteiger partial charge is 0.406 e. The molecule has 1 N–H and O–H groups in total. The Balaban J connectivity index is 2.23. The highest BCUT2D eigenvalue weighted by Gasteiger charge is 2.64. The van der Waals surface area contributed by atoms with Crippen molar-refractivity contribution in [1.29, 1.82) is 0 Å². The van der Waals surface area contributed by atoms with Crippen LogP contribution in [0.15, 0.2) is 30.3 Å². The molecule has 0 aliphatic carbocycles. The van der Waals surface area contributed by atoms with Gasteiger partial charge in [0, 0.05) is 20.2 Å². The molecule has 1 aromatic carbocycles. The lowest BCUT2D eigenvalue weighted by Gasteiger charge is -2.28. The second kappa shape index (κ2) is 6.19. The summed E-state index contributed by atoms with van der Waals surface area (Å²) in [6.07, 6.45) is -6.65. The van der Waals surface area contributed by atoms with E-state index in [1.165, 1.54) is 7.11 Å². The number of aliphatic carboxylic acids is 1. The van der Waals surface area contributed by atoms with E-state index in [2.05, 4.69) is 0 Å². The number of alkyl halides is 3. The lowest BCUT2D eigenvalue weighted by Crippen LogP contribution is -2.48. The molecule has 2 unspecified atom stereocenters. The number of amides is 1. The zero-order chi connectivity index (χ0) is 17.3. The molecule has 8 heteroatoms. The SMILES string of the molecule is COC(C(=O)N1CCC(C(=O)O)(C(F)(F)F)C1)c1ccccc1. The zero-order valence-electron chi connectivity index (χ0n) is 12.3. The monoisotopic (exact) mass is 331 g/mol. The second-order valence-corrected chi connectivity index (χ2v) is 5.42. The van der Waals surface area contributed by atoms with Crippen LogP contribution in [0.3, 0.4) is 0 Å². The van der Waals surface area contributed by atoms with Gasteiger partial charge in [0.1, 0.15) is 0 Å². The summed E-state index contributed by atoms with van der Waals surface area (Å²) in [5.74, 6) is -2.64. The standard InChI is InChI=1S/C15H16F3NO4/c1-23-11(10-5-3-2-4-6-10)12(20)19-8-7-14(9-19,13(21)22)15(16,17)18/h2-6,11H,7-9H2,1H3,(H,21,22). The summed E-state index contributed by atoms with van der Waals surface area (Å²) in [5.41, 5.74) is -2.42. The van der Waals surface area contributed by atoms with Crippen molar-refractivity contribution >= 4 is 11.9 Å². The Hall–Kier alpha value is -2.09. The molecule has 1 amide bonds. The number of ether oxygens (including phenoxy) is 1. The largest absolute Gasteiger partial charge is 0.481 e. The number of carbonyl (C=O) groups is 2. The van der Waals surface area contributed by atoms with E-state index in [4.69, 9.17) is 9.84 Å². The van der Waals surface area contributed by atoms with Crippen LogP contribution >= 0.6 is 0 Å². The fourth-order valence-corrected chi connectivity index (χ4v) is 2.70. The maximum Gasteiger partial charge on any atom is 0.406 e. The van der Waals surface area contributed by atoms with Gasteiger partial charge in [-0.15, -0.1) is 0 Å². The summed E-state index contributed by atoms with van der Waals surface area (Å²) in [5, 5.41) is 9.02. The Morgan fingerprint density at radius 2 is 1.91 bits per heavy atom. The van der Waals surface area contributed by atoms with Gasteiger partial charge in [0.2, 0.25) is 0 Å². The Labute approximate surface area is 130 Å². The topological polar surface area (TPSA) is 66.8 Å². The molecule has 1 saturated heterocycles. The molecule has 0 radical (unpaired) electrons. The highest BCUT2D eigenvalue weighted by molar-refractivity contribution is 5.85. The van der Waals surface area contributed by atoms with Crippen molar-refractivity contribution in [2.75, 3.05) is 20.2 Å². The number of halogens is 3. The van der Waals surface area contributed by atoms with Crippen molar-refractivity contribution in [1.82, 2.24) is 4.90 Å². The van der Waals surface area contributed by atoms with Gasteiger partial charge in [0.25, 0.3) is 5.91 Å². The maximum absolute atomic E-state index is 13.2. The van der Waals surface area contributed by atoms with Crippen LogP contribution in [0, 0.1) is 5.41 Å². The number of carboxylic acid groups (broad SMARTS) is 1. The van der Waals surface area contributed by atoms with E-state index in [0.717, 1.165) is 4.90 Å². The first-order valence-corrected chi connectivity index (χ1v) is 6.89. The summed E-state index contributed by atoms with van der Waals surface area (Å²) < 4.78 is 44.6. The van der Waals surface area contributed by atoms with Crippen molar-refractivity contribution in [2.45, 2.75) is 18.7 Å². The molecule has 0 spiro atoms. The third-order valence-electron chi connectivity index (χ3n) is 4.10. The van der Waals surface area contributed by atoms with Crippen LogP contribution in [0.5, 0.6) is 0 Å². The Kier molecular flexibility index (Phi) is 4.65. The zero-order valence-corrected chi connectivity index (χ0v) is 12.3. The lowest BCUT2D eigenvalue weighted by molar-refractivity contribution is -0.227. The lowest BCUT2D eigenvalue weighted by atomic mass is 9.86. The average molecular weight is 331 g/mol. The Bertz CT molecular complexity index is 590. The number of nitrogens with zero attached hydrogens (tertiary/aromatic N) is 1. The molecule has 23 heavy (non-hydrogen) atoms. The van der Waals surface area contributed by atoms with Gasteiger partial charge in [-0.25, -0.2) is 0 Å². The van der Waals surface area contributed by atoms with E-state index in [-0.39, 0.29) is 6.54 Å². The van der Waals surface area contributed by atoms with Crippen LogP contribution in [0.25, 0.3) is 0 Å². The van der Waals surface area contributed by atoms with Gasteiger partial charge < -0.3 is 14.7 Å². The first-order chi connectivity index (χ1) is 10.7. The number of carboxylic acids is 1. The fraction of sp³-hybridized carbons (Fsp3) is 0.467. The normalized spacial score (nSPS) is 22.9. The van der Waals surface area contributed by atoms with E-state index in [1.54, 1.807) is 30.3 Å². The van der Waals surface area contributed by atoms with Gasteiger partial charge in [-0.05, 0) is 12.0 Å². The minimum atomic E-state index is -4.93. The minimum absolute atomic E-state index is 0.280. The number of benzene rings is 1. The van der Waals surface area contributed by atoms with E-state index in [1.807, 2.05) is 0 Å². The molecule has 2 rings (SSSR count). The number of hydrogen-bond donors (Lipinski definition) is 1. The number of carbonyl (C=O) groups excluding carboxylic acids is 1. The molecule has 1 heterocycles. The predicted molar refractivity (Wildman–Crippen MR) is 73.5 cm³/mol. The fourth-order valence-electron chi connectivity index (χ4n) is 2.70. The summed E-state index contributed by atoms with van der Waals surface area (Å²) in [6, 6.07) is 8.33. The number of hydrogen-bond acceptors (Lipinski definition) is 3. The van der Waals surface area contributed by atoms with E-state index in [9.17, 15) is 22.8 Å². The molecule has 1 aliphatic rings. The molecule has 1 fully saturated rings. The van der Waals surface area contributed by atoms with Crippen LogP contribution in [-0.4, -0.2) is 48.3 Å². The molecular weight excluding hydrogens is 315 g/mol. The first-order valence-electron chi connectivity index (χ1n) is 6.89. The van der Waals surface area contributed by atoms with E-state index >= 15 is 0 Å². The van der Waals surface area contributed by atoms with Gasteiger partial charge in [-0.2, -0.15) is 13.2 Å². The maximum atomic E-state index is 13.2. The first kappa shape index (κ1) is 17.3. The van der Waals surface area contributed by atoms with Crippen molar-refractivity contribution in [2.24, 2.45) is 5.41 Å². The molecular formula is C15H16F3NO4. The average Bonchev–Trinajstić information content (AvgIpc) is 2.95. The van der Waals surface area contributed by atoms with Gasteiger partial charge in [0.15, 0.2) is 11.5 Å². The van der Waals surface area contributed by atoms with Crippen molar-refractivity contribution in [3.8, 4) is 0 Å². The number of methoxy groups -OCH3 is 1. The van der Waals surface area contributed by atoms with Gasteiger partial charge in [0.05, 0.1) is 0 Å². The molecule has 1 aromatic rings. The highest BCUT2D eigenvalue weighted by atomic mass is 19.4. The molecule has 2 atom stereocenters. The molecule has 126 valence electrons. The Morgan fingerprint density at radius 1 is 1.30 bits per heavy atom. The molecule has 0 aromatic heterocycles. The summed E-state index contributed by atoms with van der Waals surface area (Å²) in [6.45, 7) is -1.19. The Morgan fingerprint density at radius 3 is 2.35 bits per heavy atom. The van der Waals surface area contributed by atoms with Crippen molar-refractivity contribution in [3.05, 3.63) is 35.9 Å². The molecule has 5 nitrogen and oxygen atoms in total. The van der Waals surface area contributed by atoms with Crippen LogP contribution in [-0.2, 0) is 14.3 Å². The molecule has 0 bridgehead atoms. The van der Waals surface area contributed by atoms with Gasteiger partial charge >= 0.3 is 12.1 Å². The molecule has 1 aliphatic heterocycles. The molecule has 0 saturated carbocycles. The third-order valence-corrected chi connectivity index (χ3v) is 4.10. The van der Waals surface area contributed by atoms with Crippen LogP contribution < -0.4 is 0 Å². The predicted octanol–water partition coefficient (Wildman–Crippen LogP) is 2.24. The van der Waals surface area contributed by atoms with Crippen LogP contribution in [0.4, 0.5) is 13.2 Å². The minimum Gasteiger partial charge on any atom is -0.481 e. The van der Waals surface area contributed by atoms with Crippen LogP contribution in [0.1, 0.15) is 18.1 Å². The number of likely N-dealkylation sites (tertiary alicyclic amines) is 1. The highest BCUT2D eigenvalue weighted by Crippen LogP contribution is 2.46. The number of rotatable bonds is 4. The van der Waals surface area contributed by atoms with Crippen molar-refractivity contribution in [3.63, 3.8) is 0 Å². The van der Waals surface area contributed by atoms with Gasteiger partial charge in [-0.3, -0.25) is 9.59 Å². The summed E-state index contributed by atoms with van der Waals surface area (Å²) >= 11 is 0. The van der Waals surface area contributed by atoms with Crippen molar-refractivity contribution < 1.29 is 32.6 Å². The summed E-state index contributed by atoms with van der Waals surface area (Å²) in [4.78, 5) is 24.5. The third kappa shape index (κ3) is 3.03. The summed E-state index contributed by atoms with van der Waals surface area (Å²) in [7, 11) is 1.28. The quantitative estimate of drug-likeness (QED) is 0.919. The van der Waals surface area contributed by atoms with Crippen LogP contribution in [0.2, 0.25) is 0 Å². The van der Waals surface area contributed by atoms with Gasteiger partial charge in [-0.1, -0.05) is 30.3 Å². The van der Waals surface area contributed by atoms with E-state index in [0.29, 0.717) is 5.56 Å². The second-order valence-electron chi connectivity index (χ2n) is 5.42. The van der Waals surface area contributed by atoms with E-state index < -0.39 is 42.5 Å².